The Morgan fingerprint density at radius 3 is 2.00 bits per heavy atom. The Hall–Kier alpha value is -2.74. The van der Waals surface area contributed by atoms with Gasteiger partial charge in [-0.05, 0) is 0 Å². The molecule has 2 amide bonds. The van der Waals surface area contributed by atoms with Crippen LogP contribution in [0.15, 0.2) is 0 Å². The normalized spacial score (nSPS) is 9.24. The van der Waals surface area contributed by atoms with Gasteiger partial charge >= 0.3 is 6.03 Å². The molecule has 0 aromatic heterocycles. The van der Waals surface area contributed by atoms with E-state index in [9.17, 15) is 18.0 Å². The first-order valence-corrected chi connectivity index (χ1v) is 4.01. The van der Waals surface area contributed by atoms with Crippen LogP contribution in [-0.2, 0) is 0 Å². The minimum atomic E-state index is -1.80. The molecule has 0 spiro atoms. The summed E-state index contributed by atoms with van der Waals surface area (Å²) in [5.74, 6) is -5.08. The molecule has 0 aliphatic heterocycles. The van der Waals surface area contributed by atoms with Crippen LogP contribution in [0, 0.1) is 40.1 Å². The van der Waals surface area contributed by atoms with Gasteiger partial charge in [0.15, 0.2) is 17.5 Å². The van der Waals surface area contributed by atoms with Gasteiger partial charge in [0.05, 0.1) is 0 Å². The molecule has 0 heterocycles. The maximum Gasteiger partial charge on any atom is 0.316 e. The summed E-state index contributed by atoms with van der Waals surface area (Å²) in [7, 11) is 0. The van der Waals surface area contributed by atoms with Gasteiger partial charge < -0.3 is 11.1 Å². The van der Waals surface area contributed by atoms with Gasteiger partial charge in [0.25, 0.3) is 0 Å². The Kier molecular flexibility index (Phi) is 3.20. The van der Waals surface area contributed by atoms with Gasteiger partial charge in [-0.3, -0.25) is 0 Å². The molecule has 0 saturated carbocycles. The molecule has 0 aliphatic rings. The highest BCUT2D eigenvalue weighted by molar-refractivity contribution is 5.90. The third kappa shape index (κ3) is 1.96. The van der Waals surface area contributed by atoms with Crippen LogP contribution in [0.1, 0.15) is 11.1 Å². The summed E-state index contributed by atoms with van der Waals surface area (Å²) in [6.45, 7) is 0. The summed E-state index contributed by atoms with van der Waals surface area (Å²) in [6, 6.07) is 0.982. The Bertz CT molecular complexity index is 586. The molecule has 5 nitrogen and oxygen atoms in total. The summed E-state index contributed by atoms with van der Waals surface area (Å²) in [6.07, 6.45) is 0. The number of primary amides is 1. The van der Waals surface area contributed by atoms with E-state index >= 15 is 0 Å². The van der Waals surface area contributed by atoms with Gasteiger partial charge in [0, 0.05) is 0 Å². The number of nitriles is 2. The van der Waals surface area contributed by atoms with E-state index in [1.807, 2.05) is 0 Å². The van der Waals surface area contributed by atoms with Crippen LogP contribution in [-0.4, -0.2) is 6.03 Å². The van der Waals surface area contributed by atoms with Crippen molar-refractivity contribution in [2.75, 3.05) is 5.32 Å². The van der Waals surface area contributed by atoms with Crippen molar-refractivity contribution in [2.45, 2.75) is 0 Å². The van der Waals surface area contributed by atoms with Gasteiger partial charge in [0.2, 0.25) is 0 Å². The van der Waals surface area contributed by atoms with E-state index in [0.717, 1.165) is 6.07 Å². The standard InChI is InChI=1S/C9H3F3N4O/c10-5-3(1-13)6(11)7(12)8(4(5)2-14)16-9(15)17/h(H3,15,16,17). The van der Waals surface area contributed by atoms with E-state index in [-0.39, 0.29) is 0 Å². The minimum Gasteiger partial charge on any atom is -0.351 e. The lowest BCUT2D eigenvalue weighted by Crippen LogP contribution is -2.22. The van der Waals surface area contributed by atoms with Crippen LogP contribution in [0.3, 0.4) is 0 Å². The minimum absolute atomic E-state index is 1.00. The summed E-state index contributed by atoms with van der Waals surface area (Å²) in [5, 5.41) is 18.5. The van der Waals surface area contributed by atoms with Crippen LogP contribution in [0.25, 0.3) is 0 Å². The molecule has 1 rings (SSSR count). The number of nitrogens with two attached hydrogens (primary N) is 1. The maximum absolute atomic E-state index is 13.4. The molecule has 1 aromatic rings. The average molecular weight is 240 g/mol. The first kappa shape index (κ1) is 12.3. The predicted octanol–water partition coefficient (Wildman–Crippen LogP) is 1.34. The third-order valence-corrected chi connectivity index (χ3v) is 1.79. The number of carbonyl (C=O) groups is 1. The average Bonchev–Trinajstić information content (AvgIpc) is 2.26. The fourth-order valence-corrected chi connectivity index (χ4v) is 1.10. The van der Waals surface area contributed by atoms with Crippen molar-refractivity contribution >= 4 is 11.7 Å². The largest absolute Gasteiger partial charge is 0.351 e. The smallest absolute Gasteiger partial charge is 0.316 e. The zero-order chi connectivity index (χ0) is 13.2. The Morgan fingerprint density at radius 2 is 1.59 bits per heavy atom. The molecule has 8 heteroatoms. The van der Waals surface area contributed by atoms with Crippen LogP contribution in [0.4, 0.5) is 23.7 Å². The summed E-state index contributed by atoms with van der Waals surface area (Å²) in [5.41, 5.74) is 1.38. The van der Waals surface area contributed by atoms with Crippen LogP contribution >= 0.6 is 0 Å². The van der Waals surface area contributed by atoms with Gasteiger partial charge in [-0.1, -0.05) is 0 Å². The van der Waals surface area contributed by atoms with Crippen molar-refractivity contribution < 1.29 is 18.0 Å². The molecule has 86 valence electrons. The molecule has 0 atom stereocenters. The number of amides is 2. The Morgan fingerprint density at radius 1 is 1.06 bits per heavy atom. The molecule has 0 saturated heterocycles. The molecular weight excluding hydrogens is 237 g/mol. The molecule has 0 aliphatic carbocycles. The third-order valence-electron chi connectivity index (χ3n) is 1.79. The van der Waals surface area contributed by atoms with E-state index in [2.05, 4.69) is 5.73 Å². The number of hydrogen-bond acceptors (Lipinski definition) is 3. The van der Waals surface area contributed by atoms with Gasteiger partial charge in [-0.25, -0.2) is 18.0 Å². The SMILES string of the molecule is N#Cc1c(F)c(F)c(NC(N)=O)c(C#N)c1F. The lowest BCUT2D eigenvalue weighted by atomic mass is 10.1. The molecule has 1 aromatic carbocycles. The number of benzene rings is 1. The fraction of sp³-hybridized carbons (Fsp3) is 0. The topological polar surface area (TPSA) is 103 Å². The highest BCUT2D eigenvalue weighted by atomic mass is 19.2. The van der Waals surface area contributed by atoms with E-state index in [1.165, 1.54) is 6.07 Å². The fourth-order valence-electron chi connectivity index (χ4n) is 1.10. The lowest BCUT2D eigenvalue weighted by Gasteiger charge is -2.08. The van der Waals surface area contributed by atoms with Gasteiger partial charge in [-0.2, -0.15) is 10.5 Å². The van der Waals surface area contributed by atoms with Crippen molar-refractivity contribution in [2.24, 2.45) is 5.73 Å². The summed E-state index contributed by atoms with van der Waals surface area (Å²) in [4.78, 5) is 10.5. The predicted molar refractivity (Wildman–Crippen MR) is 49.0 cm³/mol. The lowest BCUT2D eigenvalue weighted by molar-refractivity contribution is 0.259. The van der Waals surface area contributed by atoms with E-state index in [4.69, 9.17) is 10.5 Å². The monoisotopic (exact) mass is 240 g/mol. The maximum atomic E-state index is 13.4. The van der Waals surface area contributed by atoms with Crippen LogP contribution in [0.5, 0.6) is 0 Å². The number of anilines is 1. The molecule has 0 bridgehead atoms. The second kappa shape index (κ2) is 4.41. The number of urea groups is 1. The first-order valence-electron chi connectivity index (χ1n) is 4.01. The molecule has 0 unspecified atom stereocenters. The van der Waals surface area contributed by atoms with Crippen molar-refractivity contribution in [3.8, 4) is 12.1 Å². The quantitative estimate of drug-likeness (QED) is 0.723. The van der Waals surface area contributed by atoms with E-state index in [0.29, 0.717) is 0 Å². The summed E-state index contributed by atoms with van der Waals surface area (Å²) >= 11 is 0. The van der Waals surface area contributed by atoms with Gasteiger partial charge in [-0.15, -0.1) is 0 Å². The number of nitrogens with zero attached hydrogens (tertiary/aromatic N) is 2. The zero-order valence-electron chi connectivity index (χ0n) is 8.01. The highest BCUT2D eigenvalue weighted by Gasteiger charge is 2.25. The number of nitrogens with one attached hydrogen (secondary N) is 1. The number of rotatable bonds is 1. The Balaban J connectivity index is 3.68. The zero-order valence-corrected chi connectivity index (χ0v) is 8.01. The van der Waals surface area contributed by atoms with Crippen molar-refractivity contribution in [3.63, 3.8) is 0 Å². The second-order valence-electron chi connectivity index (χ2n) is 2.78. The second-order valence-corrected chi connectivity index (χ2v) is 2.78. The van der Waals surface area contributed by atoms with E-state index < -0.39 is 40.3 Å². The first-order chi connectivity index (χ1) is 7.93. The molecule has 3 N–H and O–H groups in total. The Labute approximate surface area is 92.9 Å². The van der Waals surface area contributed by atoms with Gasteiger partial charge in [0.1, 0.15) is 29.0 Å². The van der Waals surface area contributed by atoms with Crippen molar-refractivity contribution in [1.29, 1.82) is 10.5 Å². The molecular formula is C9H3F3N4O. The number of hydrogen-bond donors (Lipinski definition) is 2. The highest BCUT2D eigenvalue weighted by Crippen LogP contribution is 2.28. The molecule has 0 fully saturated rings. The molecule has 17 heavy (non-hydrogen) atoms. The summed E-state index contributed by atoms with van der Waals surface area (Å²) < 4.78 is 39.9. The van der Waals surface area contributed by atoms with Crippen LogP contribution in [0.2, 0.25) is 0 Å². The van der Waals surface area contributed by atoms with E-state index in [1.54, 1.807) is 5.32 Å². The van der Waals surface area contributed by atoms with Crippen LogP contribution < -0.4 is 11.1 Å². The number of halogens is 3. The molecule has 0 radical (unpaired) electrons. The number of carbonyl (C=O) groups excluding carboxylic acids is 1. The van der Waals surface area contributed by atoms with Crippen molar-refractivity contribution in [3.05, 3.63) is 28.6 Å². The van der Waals surface area contributed by atoms with Crippen molar-refractivity contribution in [1.82, 2.24) is 0 Å².